The molecule has 3 rings (SSSR count). The van der Waals surface area contributed by atoms with Gasteiger partial charge in [0.25, 0.3) is 0 Å². The van der Waals surface area contributed by atoms with Crippen molar-refractivity contribution in [1.29, 1.82) is 0 Å². The summed E-state index contributed by atoms with van der Waals surface area (Å²) >= 11 is 0. The normalized spacial score (nSPS) is 12.5. The highest BCUT2D eigenvalue weighted by Crippen LogP contribution is 2.33. The van der Waals surface area contributed by atoms with Crippen molar-refractivity contribution in [2.24, 2.45) is 17.3 Å². The SMILES string of the molecule is COc1ccc(-c2cc3ccc(OCCCCCCCCCOC(=O)C(C)(C)C(C)C(C)C)nc3oc2=O)c(C)c1. The zero-order valence-corrected chi connectivity index (χ0v) is 25.9. The van der Waals surface area contributed by atoms with E-state index in [-0.39, 0.29) is 17.6 Å². The molecule has 0 saturated carbocycles. The second-order valence-corrected chi connectivity index (χ2v) is 11.9. The number of aryl methyl sites for hydroxylation is 1. The number of hydrogen-bond donors (Lipinski definition) is 0. The number of methoxy groups -OCH3 is 1. The Kier molecular flexibility index (Phi) is 11.8. The lowest BCUT2D eigenvalue weighted by Crippen LogP contribution is -2.35. The lowest BCUT2D eigenvalue weighted by Gasteiger charge is -2.32. The Bertz CT molecular complexity index is 1340. The summed E-state index contributed by atoms with van der Waals surface area (Å²) in [5, 5.41) is 0.741. The minimum Gasteiger partial charge on any atom is -0.497 e. The molecule has 0 N–H and O–H groups in total. The molecule has 0 amide bonds. The number of unbranched alkanes of at least 4 members (excludes halogenated alkanes) is 6. The number of fused-ring (bicyclic) bond motifs is 1. The van der Waals surface area contributed by atoms with Gasteiger partial charge in [0.2, 0.25) is 11.6 Å². The molecular weight excluding hydrogens is 518 g/mol. The number of nitrogens with zero attached hydrogens (tertiary/aromatic N) is 1. The van der Waals surface area contributed by atoms with Gasteiger partial charge in [-0.1, -0.05) is 58.9 Å². The summed E-state index contributed by atoms with van der Waals surface area (Å²) < 4.78 is 22.2. The number of rotatable bonds is 16. The molecule has 1 atom stereocenters. The van der Waals surface area contributed by atoms with Crippen LogP contribution in [0.2, 0.25) is 0 Å². The second-order valence-electron chi connectivity index (χ2n) is 11.9. The van der Waals surface area contributed by atoms with Crippen LogP contribution in [0.3, 0.4) is 0 Å². The fourth-order valence-electron chi connectivity index (χ4n) is 4.95. The van der Waals surface area contributed by atoms with Crippen molar-refractivity contribution in [3.8, 4) is 22.8 Å². The molecule has 0 radical (unpaired) electrons. The van der Waals surface area contributed by atoms with E-state index in [1.165, 1.54) is 0 Å². The van der Waals surface area contributed by atoms with Crippen molar-refractivity contribution < 1.29 is 23.4 Å². The van der Waals surface area contributed by atoms with E-state index in [2.05, 4.69) is 25.8 Å². The number of benzene rings is 1. The topological polar surface area (TPSA) is 87.9 Å². The Morgan fingerprint density at radius 1 is 0.902 bits per heavy atom. The van der Waals surface area contributed by atoms with Gasteiger partial charge < -0.3 is 18.6 Å². The van der Waals surface area contributed by atoms with Crippen LogP contribution in [0.25, 0.3) is 22.2 Å². The van der Waals surface area contributed by atoms with Gasteiger partial charge in [-0.15, -0.1) is 0 Å². The van der Waals surface area contributed by atoms with E-state index in [1.54, 1.807) is 7.11 Å². The van der Waals surface area contributed by atoms with E-state index in [1.807, 2.05) is 57.2 Å². The minimum atomic E-state index is -0.451. The zero-order chi connectivity index (χ0) is 30.0. The first kappa shape index (κ1) is 32.2. The molecule has 0 saturated heterocycles. The molecule has 41 heavy (non-hydrogen) atoms. The van der Waals surface area contributed by atoms with Crippen molar-refractivity contribution >= 4 is 17.1 Å². The molecule has 224 valence electrons. The molecule has 7 heteroatoms. The monoisotopic (exact) mass is 565 g/mol. The highest BCUT2D eigenvalue weighted by atomic mass is 16.5. The molecule has 1 unspecified atom stereocenters. The molecule has 7 nitrogen and oxygen atoms in total. The van der Waals surface area contributed by atoms with Crippen molar-refractivity contribution in [2.75, 3.05) is 20.3 Å². The maximum Gasteiger partial charge on any atom is 0.345 e. The van der Waals surface area contributed by atoms with Crippen LogP contribution >= 0.6 is 0 Å². The smallest absolute Gasteiger partial charge is 0.345 e. The Balaban J connectivity index is 1.34. The van der Waals surface area contributed by atoms with Crippen LogP contribution in [-0.4, -0.2) is 31.3 Å². The van der Waals surface area contributed by atoms with Crippen molar-refractivity contribution in [3.63, 3.8) is 0 Å². The van der Waals surface area contributed by atoms with E-state index in [4.69, 9.17) is 18.6 Å². The number of hydrogen-bond acceptors (Lipinski definition) is 7. The molecule has 0 aliphatic carbocycles. The third-order valence-corrected chi connectivity index (χ3v) is 8.23. The van der Waals surface area contributed by atoms with Gasteiger partial charge in [-0.25, -0.2) is 4.79 Å². The summed E-state index contributed by atoms with van der Waals surface area (Å²) in [6.07, 6.45) is 7.40. The summed E-state index contributed by atoms with van der Waals surface area (Å²) in [6.45, 7) is 13.4. The zero-order valence-electron chi connectivity index (χ0n) is 25.9. The molecule has 1 aromatic carbocycles. The maximum absolute atomic E-state index is 12.7. The largest absolute Gasteiger partial charge is 0.497 e. The van der Waals surface area contributed by atoms with Crippen molar-refractivity contribution in [2.45, 2.75) is 86.5 Å². The van der Waals surface area contributed by atoms with Crippen molar-refractivity contribution in [3.05, 3.63) is 52.4 Å². The quantitative estimate of drug-likeness (QED) is 0.128. The molecule has 2 heterocycles. The first-order chi connectivity index (χ1) is 19.5. The van der Waals surface area contributed by atoms with Crippen LogP contribution < -0.4 is 15.1 Å². The molecule has 0 spiro atoms. The minimum absolute atomic E-state index is 0.0878. The fourth-order valence-corrected chi connectivity index (χ4v) is 4.95. The molecule has 0 aliphatic heterocycles. The molecule has 3 aromatic rings. The summed E-state index contributed by atoms with van der Waals surface area (Å²) in [5.74, 6) is 1.83. The van der Waals surface area contributed by atoms with Crippen LogP contribution in [0.15, 0.2) is 45.6 Å². The lowest BCUT2D eigenvalue weighted by molar-refractivity contribution is -0.158. The molecule has 0 fully saturated rings. The van der Waals surface area contributed by atoms with Gasteiger partial charge in [0, 0.05) is 11.5 Å². The molecule has 2 aromatic heterocycles. The van der Waals surface area contributed by atoms with Crippen LogP contribution in [-0.2, 0) is 9.53 Å². The molecule has 0 aliphatic rings. The van der Waals surface area contributed by atoms with E-state index in [0.717, 1.165) is 67.2 Å². The highest BCUT2D eigenvalue weighted by molar-refractivity contribution is 5.80. The van der Waals surface area contributed by atoms with Gasteiger partial charge in [0.1, 0.15) is 5.75 Å². The average molecular weight is 566 g/mol. The first-order valence-electron chi connectivity index (χ1n) is 14.9. The maximum atomic E-state index is 12.7. The third-order valence-electron chi connectivity index (χ3n) is 8.23. The average Bonchev–Trinajstić information content (AvgIpc) is 2.94. The Labute approximate surface area is 244 Å². The van der Waals surface area contributed by atoms with Gasteiger partial charge in [0.05, 0.1) is 31.3 Å². The summed E-state index contributed by atoms with van der Waals surface area (Å²) in [6, 6.07) is 11.1. The molecular formula is C34H47NO6. The molecule has 0 bridgehead atoms. The van der Waals surface area contributed by atoms with Gasteiger partial charge in [-0.05, 0) is 80.8 Å². The predicted octanol–water partition coefficient (Wildman–Crippen LogP) is 8.14. The number of carbonyl (C=O) groups is 1. The Morgan fingerprint density at radius 3 is 2.20 bits per heavy atom. The highest BCUT2D eigenvalue weighted by Gasteiger charge is 2.36. The van der Waals surface area contributed by atoms with Crippen LogP contribution in [0.1, 0.15) is 85.1 Å². The number of esters is 1. The standard InChI is InChI=1S/C34H47NO6/c1-23(2)25(4)34(5,6)33(37)40-20-14-12-10-8-9-11-13-19-39-30-18-15-26-22-29(32(36)41-31(26)35-30)28-17-16-27(38-7)21-24(28)3/h15-18,21-23,25H,8-14,19-20H2,1-7H3. The summed E-state index contributed by atoms with van der Waals surface area (Å²) in [4.78, 5) is 29.6. The van der Waals surface area contributed by atoms with Gasteiger partial charge >= 0.3 is 11.6 Å². The lowest BCUT2D eigenvalue weighted by atomic mass is 9.74. The number of carbonyl (C=O) groups excluding carboxylic acids is 1. The third kappa shape index (κ3) is 8.82. The Morgan fingerprint density at radius 2 is 1.56 bits per heavy atom. The summed E-state index contributed by atoms with van der Waals surface area (Å²) in [5.41, 5.74) is 1.62. The summed E-state index contributed by atoms with van der Waals surface area (Å²) in [7, 11) is 1.62. The van der Waals surface area contributed by atoms with Crippen LogP contribution in [0.4, 0.5) is 0 Å². The van der Waals surface area contributed by atoms with Gasteiger partial charge in [0.15, 0.2) is 0 Å². The fraction of sp³-hybridized carbons (Fsp3) is 0.559. The van der Waals surface area contributed by atoms with E-state index in [9.17, 15) is 9.59 Å². The second kappa shape index (κ2) is 15.0. The number of aromatic nitrogens is 1. The van der Waals surface area contributed by atoms with E-state index in [0.29, 0.717) is 30.6 Å². The van der Waals surface area contributed by atoms with E-state index >= 15 is 0 Å². The van der Waals surface area contributed by atoms with E-state index < -0.39 is 11.0 Å². The van der Waals surface area contributed by atoms with Gasteiger partial charge in [-0.2, -0.15) is 4.98 Å². The number of pyridine rings is 1. The Hall–Kier alpha value is -3.35. The van der Waals surface area contributed by atoms with Gasteiger partial charge in [-0.3, -0.25) is 4.79 Å². The van der Waals surface area contributed by atoms with Crippen LogP contribution in [0.5, 0.6) is 11.6 Å². The van der Waals surface area contributed by atoms with Crippen molar-refractivity contribution in [1.82, 2.24) is 4.98 Å². The predicted molar refractivity (Wildman–Crippen MR) is 164 cm³/mol. The first-order valence-corrected chi connectivity index (χ1v) is 14.9. The van der Waals surface area contributed by atoms with Crippen LogP contribution in [0, 0.1) is 24.2 Å². The number of ether oxygens (including phenoxy) is 3.